The van der Waals surface area contributed by atoms with Gasteiger partial charge >= 0.3 is 0 Å². The van der Waals surface area contributed by atoms with Gasteiger partial charge in [0.1, 0.15) is 0 Å². The summed E-state index contributed by atoms with van der Waals surface area (Å²) < 4.78 is 0. The Bertz CT molecular complexity index is 511. The van der Waals surface area contributed by atoms with Gasteiger partial charge in [-0.2, -0.15) is 0 Å². The monoisotopic (exact) mass is 275 g/mol. The molecule has 0 spiro atoms. The Morgan fingerprint density at radius 1 is 1.26 bits per heavy atom. The smallest absolute Gasteiger partial charge is 0.244 e. The fourth-order valence-corrected chi connectivity index (χ4v) is 3.63. The Morgan fingerprint density at radius 2 is 2.11 bits per heavy atom. The van der Waals surface area contributed by atoms with Gasteiger partial charge in [0.05, 0.1) is 0 Å². The van der Waals surface area contributed by atoms with E-state index in [9.17, 15) is 4.79 Å². The highest BCUT2D eigenvalue weighted by Crippen LogP contribution is 2.44. The second-order valence-electron chi connectivity index (χ2n) is 5.64. The van der Waals surface area contributed by atoms with Crippen LogP contribution in [0.3, 0.4) is 0 Å². The van der Waals surface area contributed by atoms with Crippen LogP contribution in [0.4, 0.5) is 0 Å². The molecule has 2 fully saturated rings. The molecule has 3 rings (SSSR count). The molecule has 0 unspecified atom stereocenters. The van der Waals surface area contributed by atoms with Crippen molar-refractivity contribution in [3.63, 3.8) is 0 Å². The van der Waals surface area contributed by atoms with Gasteiger partial charge in [0, 0.05) is 17.1 Å². The van der Waals surface area contributed by atoms with E-state index in [4.69, 9.17) is 11.6 Å². The van der Waals surface area contributed by atoms with Crippen LogP contribution in [-0.2, 0) is 4.79 Å². The highest BCUT2D eigenvalue weighted by Gasteiger charge is 2.39. The summed E-state index contributed by atoms with van der Waals surface area (Å²) in [6.45, 7) is 0. The van der Waals surface area contributed by atoms with Gasteiger partial charge in [0.15, 0.2) is 0 Å². The minimum atomic E-state index is -0.00234. The Kier molecular flexibility index (Phi) is 3.61. The molecule has 2 saturated carbocycles. The fraction of sp³-hybridized carbons (Fsp3) is 0.438. The lowest BCUT2D eigenvalue weighted by Gasteiger charge is -2.22. The normalized spacial score (nSPS) is 29.0. The highest BCUT2D eigenvalue weighted by molar-refractivity contribution is 6.32. The van der Waals surface area contributed by atoms with Gasteiger partial charge in [-0.3, -0.25) is 4.79 Å². The molecule has 0 heterocycles. The van der Waals surface area contributed by atoms with Gasteiger partial charge in [-0.1, -0.05) is 36.2 Å². The first kappa shape index (κ1) is 12.7. The molecule has 2 aliphatic rings. The van der Waals surface area contributed by atoms with Crippen molar-refractivity contribution in [2.24, 2.45) is 11.8 Å². The van der Waals surface area contributed by atoms with Crippen molar-refractivity contribution < 1.29 is 4.79 Å². The topological polar surface area (TPSA) is 29.1 Å². The van der Waals surface area contributed by atoms with E-state index >= 15 is 0 Å². The quantitative estimate of drug-likeness (QED) is 0.838. The third-order valence-corrected chi connectivity index (χ3v) is 4.73. The molecule has 1 aromatic rings. The molecule has 19 heavy (non-hydrogen) atoms. The molecule has 100 valence electrons. The predicted molar refractivity (Wildman–Crippen MR) is 77.9 cm³/mol. The zero-order chi connectivity index (χ0) is 13.2. The number of rotatable bonds is 3. The number of benzene rings is 1. The second kappa shape index (κ2) is 5.38. The van der Waals surface area contributed by atoms with Crippen molar-refractivity contribution in [2.75, 3.05) is 0 Å². The molecule has 0 saturated heterocycles. The van der Waals surface area contributed by atoms with Crippen molar-refractivity contribution in [3.8, 4) is 0 Å². The first-order chi connectivity index (χ1) is 9.22. The average molecular weight is 276 g/mol. The van der Waals surface area contributed by atoms with Gasteiger partial charge < -0.3 is 5.32 Å². The van der Waals surface area contributed by atoms with Gasteiger partial charge in [-0.25, -0.2) is 0 Å². The summed E-state index contributed by atoms with van der Waals surface area (Å²) in [4.78, 5) is 11.9. The van der Waals surface area contributed by atoms with Crippen LogP contribution in [0.1, 0.15) is 31.2 Å². The number of amides is 1. The maximum atomic E-state index is 11.9. The Labute approximate surface area is 118 Å². The summed E-state index contributed by atoms with van der Waals surface area (Å²) in [6.07, 6.45) is 8.48. The van der Waals surface area contributed by atoms with Crippen LogP contribution in [0.5, 0.6) is 0 Å². The SMILES string of the molecule is O=C(/C=C/c1ccccc1Cl)N[C@@H]1C[C@H]2CC[C@@H]1C2. The van der Waals surface area contributed by atoms with Crippen LogP contribution in [0, 0.1) is 11.8 Å². The molecular formula is C16H18ClNO. The van der Waals surface area contributed by atoms with E-state index in [1.54, 1.807) is 12.2 Å². The number of carbonyl (C=O) groups excluding carboxylic acids is 1. The lowest BCUT2D eigenvalue weighted by molar-refractivity contribution is -0.117. The molecular weight excluding hydrogens is 258 g/mol. The summed E-state index contributed by atoms with van der Waals surface area (Å²) in [7, 11) is 0. The molecule has 0 aliphatic heterocycles. The van der Waals surface area contributed by atoms with E-state index in [1.165, 1.54) is 19.3 Å². The van der Waals surface area contributed by atoms with Crippen LogP contribution in [-0.4, -0.2) is 11.9 Å². The molecule has 2 aliphatic carbocycles. The molecule has 1 N–H and O–H groups in total. The molecule has 3 atom stereocenters. The third kappa shape index (κ3) is 2.84. The van der Waals surface area contributed by atoms with Crippen LogP contribution in [0.2, 0.25) is 5.02 Å². The number of hydrogen-bond donors (Lipinski definition) is 1. The summed E-state index contributed by atoms with van der Waals surface area (Å²) in [6, 6.07) is 7.93. The van der Waals surface area contributed by atoms with Crippen molar-refractivity contribution in [2.45, 2.75) is 31.7 Å². The molecule has 0 aromatic heterocycles. The van der Waals surface area contributed by atoms with Crippen LogP contribution >= 0.6 is 11.6 Å². The van der Waals surface area contributed by atoms with E-state index in [-0.39, 0.29) is 5.91 Å². The molecule has 2 bridgehead atoms. The second-order valence-corrected chi connectivity index (χ2v) is 6.05. The Balaban J connectivity index is 1.58. The zero-order valence-corrected chi connectivity index (χ0v) is 11.6. The fourth-order valence-electron chi connectivity index (χ4n) is 3.43. The first-order valence-electron chi connectivity index (χ1n) is 6.95. The summed E-state index contributed by atoms with van der Waals surface area (Å²) in [5, 5.41) is 3.80. The van der Waals surface area contributed by atoms with E-state index in [2.05, 4.69) is 5.32 Å². The molecule has 1 amide bonds. The van der Waals surface area contributed by atoms with Gasteiger partial charge in [-0.05, 0) is 48.8 Å². The Morgan fingerprint density at radius 3 is 2.79 bits per heavy atom. The molecule has 2 nitrogen and oxygen atoms in total. The van der Waals surface area contributed by atoms with Crippen LogP contribution < -0.4 is 5.32 Å². The lowest BCUT2D eigenvalue weighted by Crippen LogP contribution is -2.37. The van der Waals surface area contributed by atoms with Crippen LogP contribution in [0.25, 0.3) is 6.08 Å². The number of carbonyl (C=O) groups is 1. The third-order valence-electron chi connectivity index (χ3n) is 4.39. The first-order valence-corrected chi connectivity index (χ1v) is 7.33. The number of nitrogens with one attached hydrogen (secondary N) is 1. The van der Waals surface area contributed by atoms with Crippen LogP contribution in [0.15, 0.2) is 30.3 Å². The van der Waals surface area contributed by atoms with Crippen molar-refractivity contribution in [1.82, 2.24) is 5.32 Å². The molecule has 1 aromatic carbocycles. The van der Waals surface area contributed by atoms with Gasteiger partial charge in [0.25, 0.3) is 0 Å². The van der Waals surface area contributed by atoms with Gasteiger partial charge in [-0.15, -0.1) is 0 Å². The standard InChI is InChI=1S/C16H18ClNO/c17-14-4-2-1-3-12(14)7-8-16(19)18-15-10-11-5-6-13(15)9-11/h1-4,7-8,11,13,15H,5-6,9-10H2,(H,18,19)/b8-7+/t11-,13+,15+/m0/s1. The lowest BCUT2D eigenvalue weighted by atomic mass is 9.95. The van der Waals surface area contributed by atoms with E-state index in [0.29, 0.717) is 17.0 Å². The largest absolute Gasteiger partial charge is 0.350 e. The number of halogens is 1. The van der Waals surface area contributed by atoms with Crippen molar-refractivity contribution in [3.05, 3.63) is 40.9 Å². The van der Waals surface area contributed by atoms with Gasteiger partial charge in [0.2, 0.25) is 5.91 Å². The summed E-state index contributed by atoms with van der Waals surface area (Å²) in [5.41, 5.74) is 0.882. The zero-order valence-electron chi connectivity index (χ0n) is 10.8. The maximum absolute atomic E-state index is 11.9. The summed E-state index contributed by atoms with van der Waals surface area (Å²) >= 11 is 6.05. The average Bonchev–Trinajstić information content (AvgIpc) is 3.00. The number of fused-ring (bicyclic) bond motifs is 2. The minimum Gasteiger partial charge on any atom is -0.350 e. The maximum Gasteiger partial charge on any atom is 0.244 e. The van der Waals surface area contributed by atoms with E-state index in [1.807, 2.05) is 24.3 Å². The van der Waals surface area contributed by atoms with Crippen molar-refractivity contribution in [1.29, 1.82) is 0 Å². The van der Waals surface area contributed by atoms with Crippen molar-refractivity contribution >= 4 is 23.6 Å². The Hall–Kier alpha value is -1.28. The predicted octanol–water partition coefficient (Wildman–Crippen LogP) is 3.66. The van der Waals surface area contributed by atoms with E-state index < -0.39 is 0 Å². The van der Waals surface area contributed by atoms with E-state index in [0.717, 1.165) is 17.9 Å². The number of hydrogen-bond acceptors (Lipinski definition) is 1. The summed E-state index contributed by atoms with van der Waals surface area (Å²) in [5.74, 6) is 1.56. The molecule has 0 radical (unpaired) electrons. The minimum absolute atomic E-state index is 0.00234. The molecule has 3 heteroatoms. The highest BCUT2D eigenvalue weighted by atomic mass is 35.5.